The molecule has 0 saturated carbocycles. The third kappa shape index (κ3) is 8.64. The number of rotatable bonds is 11. The SMILES string of the molecule is CCCCC(CN(O)C=O)C(=O)N[C@H](C(=O)N1CCN(Cc2ccc(C#N)cc2)CC1)C(C)(C)C. The van der Waals surface area contributed by atoms with Gasteiger partial charge in [0.05, 0.1) is 24.1 Å². The largest absolute Gasteiger partial charge is 0.344 e. The van der Waals surface area contributed by atoms with E-state index in [9.17, 15) is 19.6 Å². The van der Waals surface area contributed by atoms with Crippen LogP contribution < -0.4 is 5.32 Å². The number of hydrogen-bond donors (Lipinski definition) is 2. The topological polar surface area (TPSA) is 117 Å². The Hall–Kier alpha value is -2.96. The van der Waals surface area contributed by atoms with Crippen LogP contribution in [0.25, 0.3) is 0 Å². The number of nitriles is 1. The number of hydrogen-bond acceptors (Lipinski definition) is 6. The van der Waals surface area contributed by atoms with E-state index in [-0.39, 0.29) is 24.8 Å². The Morgan fingerprint density at radius 2 is 1.83 bits per heavy atom. The molecule has 1 aromatic rings. The third-order valence-corrected chi connectivity index (χ3v) is 6.38. The molecule has 0 spiro atoms. The minimum absolute atomic E-state index is 0.103. The zero-order chi connectivity index (χ0) is 26.0. The molecule has 1 unspecified atom stereocenters. The molecule has 2 rings (SSSR count). The van der Waals surface area contributed by atoms with Crippen molar-refractivity contribution in [3.05, 3.63) is 35.4 Å². The molecule has 2 atom stereocenters. The molecule has 1 aromatic carbocycles. The van der Waals surface area contributed by atoms with Gasteiger partial charge in [0.1, 0.15) is 6.04 Å². The summed E-state index contributed by atoms with van der Waals surface area (Å²) in [6, 6.07) is 8.93. The maximum atomic E-state index is 13.5. The minimum Gasteiger partial charge on any atom is -0.344 e. The second-order valence-electron chi connectivity index (χ2n) is 10.3. The van der Waals surface area contributed by atoms with Crippen molar-refractivity contribution in [3.8, 4) is 6.07 Å². The summed E-state index contributed by atoms with van der Waals surface area (Å²) >= 11 is 0. The predicted octanol–water partition coefficient (Wildman–Crippen LogP) is 2.39. The number of piperazine rings is 1. The fourth-order valence-corrected chi connectivity index (χ4v) is 4.19. The van der Waals surface area contributed by atoms with E-state index in [4.69, 9.17) is 5.26 Å². The van der Waals surface area contributed by atoms with Crippen LogP contribution in [0.15, 0.2) is 24.3 Å². The molecule has 0 aliphatic carbocycles. The number of carbonyl (C=O) groups excluding carboxylic acids is 3. The molecule has 2 N–H and O–H groups in total. The molecule has 192 valence electrons. The van der Waals surface area contributed by atoms with Crippen molar-refractivity contribution in [1.29, 1.82) is 5.26 Å². The molecule has 0 bridgehead atoms. The maximum Gasteiger partial charge on any atom is 0.245 e. The molecule has 1 saturated heterocycles. The van der Waals surface area contributed by atoms with Crippen molar-refractivity contribution in [2.24, 2.45) is 11.3 Å². The van der Waals surface area contributed by atoms with Gasteiger partial charge in [-0.15, -0.1) is 0 Å². The van der Waals surface area contributed by atoms with Crippen molar-refractivity contribution < 1.29 is 19.6 Å². The number of nitrogens with zero attached hydrogens (tertiary/aromatic N) is 4. The molecule has 1 aliphatic rings. The molecule has 9 heteroatoms. The Balaban J connectivity index is 2.01. The molecule has 1 heterocycles. The normalized spacial score (nSPS) is 16.2. The molecule has 1 aliphatic heterocycles. The number of carbonyl (C=O) groups is 3. The van der Waals surface area contributed by atoms with Gasteiger partial charge in [-0.05, 0) is 29.5 Å². The highest BCUT2D eigenvalue weighted by atomic mass is 16.5. The number of unbranched alkanes of at least 4 members (excludes halogenated alkanes) is 1. The molecule has 35 heavy (non-hydrogen) atoms. The van der Waals surface area contributed by atoms with Crippen LogP contribution in [0, 0.1) is 22.7 Å². The van der Waals surface area contributed by atoms with Crippen LogP contribution in [0.5, 0.6) is 0 Å². The predicted molar refractivity (Wildman–Crippen MR) is 132 cm³/mol. The van der Waals surface area contributed by atoms with E-state index in [1.54, 1.807) is 4.90 Å². The van der Waals surface area contributed by atoms with Crippen LogP contribution in [0.3, 0.4) is 0 Å². The Labute approximate surface area is 208 Å². The summed E-state index contributed by atoms with van der Waals surface area (Å²) in [4.78, 5) is 41.5. The first-order valence-corrected chi connectivity index (χ1v) is 12.3. The first-order valence-electron chi connectivity index (χ1n) is 12.3. The molecular weight excluding hydrogens is 446 g/mol. The third-order valence-electron chi connectivity index (χ3n) is 6.38. The molecule has 9 nitrogen and oxygen atoms in total. The lowest BCUT2D eigenvalue weighted by atomic mass is 9.85. The van der Waals surface area contributed by atoms with Crippen LogP contribution in [0.1, 0.15) is 58.1 Å². The van der Waals surface area contributed by atoms with Gasteiger partial charge in [0.2, 0.25) is 18.2 Å². The van der Waals surface area contributed by atoms with Gasteiger partial charge in [0.25, 0.3) is 0 Å². The summed E-state index contributed by atoms with van der Waals surface area (Å²) in [5.41, 5.74) is 1.25. The zero-order valence-corrected chi connectivity index (χ0v) is 21.4. The van der Waals surface area contributed by atoms with Crippen LogP contribution in [-0.4, -0.2) is 77.1 Å². The van der Waals surface area contributed by atoms with Gasteiger partial charge in [0, 0.05) is 32.7 Å². The van der Waals surface area contributed by atoms with Gasteiger partial charge >= 0.3 is 0 Å². The Morgan fingerprint density at radius 1 is 1.20 bits per heavy atom. The average Bonchev–Trinajstić information content (AvgIpc) is 2.84. The Kier molecular flexibility index (Phi) is 10.7. The Morgan fingerprint density at radius 3 is 2.34 bits per heavy atom. The van der Waals surface area contributed by atoms with Crippen molar-refractivity contribution in [1.82, 2.24) is 20.2 Å². The number of benzene rings is 1. The van der Waals surface area contributed by atoms with E-state index in [1.165, 1.54) is 0 Å². The van der Waals surface area contributed by atoms with Crippen molar-refractivity contribution in [2.75, 3.05) is 32.7 Å². The zero-order valence-electron chi connectivity index (χ0n) is 21.4. The quantitative estimate of drug-likeness (QED) is 0.282. The average molecular weight is 486 g/mol. The van der Waals surface area contributed by atoms with E-state index < -0.39 is 17.4 Å². The van der Waals surface area contributed by atoms with Gasteiger partial charge in [0.15, 0.2) is 0 Å². The van der Waals surface area contributed by atoms with Crippen LogP contribution in [0.4, 0.5) is 0 Å². The number of nitrogens with one attached hydrogen (secondary N) is 1. The molecule has 0 aromatic heterocycles. The van der Waals surface area contributed by atoms with Crippen molar-refractivity contribution in [3.63, 3.8) is 0 Å². The maximum absolute atomic E-state index is 13.5. The summed E-state index contributed by atoms with van der Waals surface area (Å²) in [7, 11) is 0. The van der Waals surface area contributed by atoms with Gasteiger partial charge in [-0.25, -0.2) is 5.06 Å². The lowest BCUT2D eigenvalue weighted by molar-refractivity contribution is -0.155. The second-order valence-corrected chi connectivity index (χ2v) is 10.3. The first kappa shape index (κ1) is 28.3. The summed E-state index contributed by atoms with van der Waals surface area (Å²) < 4.78 is 0. The van der Waals surface area contributed by atoms with Crippen LogP contribution in [0.2, 0.25) is 0 Å². The van der Waals surface area contributed by atoms with Crippen LogP contribution in [-0.2, 0) is 20.9 Å². The lowest BCUT2D eigenvalue weighted by Gasteiger charge is -2.40. The monoisotopic (exact) mass is 485 g/mol. The second kappa shape index (κ2) is 13.2. The number of amides is 3. The fraction of sp³-hybridized carbons (Fsp3) is 0.615. The summed E-state index contributed by atoms with van der Waals surface area (Å²) in [6.07, 6.45) is 2.47. The van der Waals surface area contributed by atoms with Gasteiger partial charge in [-0.2, -0.15) is 5.26 Å². The van der Waals surface area contributed by atoms with Crippen molar-refractivity contribution >= 4 is 18.2 Å². The van der Waals surface area contributed by atoms with Gasteiger partial charge in [-0.3, -0.25) is 24.5 Å². The molecular formula is C26H39N5O4. The van der Waals surface area contributed by atoms with Crippen LogP contribution >= 0.6 is 0 Å². The minimum atomic E-state index is -0.715. The van der Waals surface area contributed by atoms with E-state index in [1.807, 2.05) is 52.0 Å². The van der Waals surface area contributed by atoms with E-state index in [0.29, 0.717) is 43.2 Å². The molecule has 0 radical (unpaired) electrons. The highest BCUT2D eigenvalue weighted by Crippen LogP contribution is 2.23. The van der Waals surface area contributed by atoms with E-state index in [2.05, 4.69) is 16.3 Å². The summed E-state index contributed by atoms with van der Waals surface area (Å²) in [5.74, 6) is -1.03. The first-order chi connectivity index (χ1) is 16.6. The summed E-state index contributed by atoms with van der Waals surface area (Å²) in [6.45, 7) is 11.0. The molecule has 1 fully saturated rings. The van der Waals surface area contributed by atoms with E-state index >= 15 is 0 Å². The summed E-state index contributed by atoms with van der Waals surface area (Å²) in [5, 5.41) is 22.0. The lowest BCUT2D eigenvalue weighted by Crippen LogP contribution is -2.59. The Bertz CT molecular complexity index is 882. The van der Waals surface area contributed by atoms with Crippen molar-refractivity contribution in [2.45, 2.75) is 59.5 Å². The highest BCUT2D eigenvalue weighted by Gasteiger charge is 2.38. The smallest absolute Gasteiger partial charge is 0.245 e. The van der Waals surface area contributed by atoms with Gasteiger partial charge < -0.3 is 10.2 Å². The fourth-order valence-electron chi connectivity index (χ4n) is 4.19. The standard InChI is InChI=1S/C26H39N5O4/c1-5-6-7-22(18-31(35)19-32)24(33)28-23(26(2,3)4)25(34)30-14-12-29(13-15-30)17-21-10-8-20(16-27)9-11-21/h8-11,19,22-23,35H,5-7,12-15,17-18H2,1-4H3,(H,28,33)/t22?,23-/m1/s1. The number of hydroxylamine groups is 2. The van der Waals surface area contributed by atoms with Gasteiger partial charge in [-0.1, -0.05) is 52.7 Å². The molecule has 3 amide bonds. The van der Waals surface area contributed by atoms with E-state index in [0.717, 1.165) is 24.9 Å². The highest BCUT2D eigenvalue weighted by molar-refractivity contribution is 5.89.